The van der Waals surface area contributed by atoms with Crippen molar-refractivity contribution in [2.45, 2.75) is 38.3 Å². The van der Waals surface area contributed by atoms with Gasteiger partial charge in [0.05, 0.1) is 0 Å². The number of hydrogen-bond donors (Lipinski definition) is 2. The van der Waals surface area contributed by atoms with Gasteiger partial charge in [-0.1, -0.05) is 42.5 Å². The topological polar surface area (TPSA) is 41.3 Å². The molecule has 0 saturated carbocycles. The van der Waals surface area contributed by atoms with Crippen molar-refractivity contribution in [3.05, 3.63) is 65.7 Å². The zero-order valence-electron chi connectivity index (χ0n) is 14.6. The van der Waals surface area contributed by atoms with Crippen LogP contribution >= 0.6 is 0 Å². The fourth-order valence-corrected chi connectivity index (χ4v) is 3.58. The molecule has 0 radical (unpaired) electrons. The molecule has 1 fully saturated rings. The Morgan fingerprint density at radius 2 is 1.67 bits per heavy atom. The van der Waals surface area contributed by atoms with Gasteiger partial charge in [0.2, 0.25) is 0 Å². The quantitative estimate of drug-likeness (QED) is 0.765. The minimum absolute atomic E-state index is 0.447. The van der Waals surface area contributed by atoms with Gasteiger partial charge in [-0.25, -0.2) is 0 Å². The van der Waals surface area contributed by atoms with Crippen LogP contribution in [0, 0.1) is 0 Å². The second-order valence-corrected chi connectivity index (χ2v) is 6.92. The van der Waals surface area contributed by atoms with E-state index >= 15 is 0 Å². The van der Waals surface area contributed by atoms with Crippen LogP contribution in [0.2, 0.25) is 0 Å². The number of rotatable bonds is 7. The molecule has 1 aliphatic rings. The number of nitrogens with zero attached hydrogens (tertiary/aromatic N) is 1. The fourth-order valence-electron chi connectivity index (χ4n) is 3.58. The Morgan fingerprint density at radius 1 is 1.00 bits per heavy atom. The Hall–Kier alpha value is -1.84. The maximum absolute atomic E-state index is 5.77. The predicted molar refractivity (Wildman–Crippen MR) is 102 cm³/mol. The fraction of sp³-hybridized carbons (Fsp3) is 0.429. The molecule has 3 nitrogen and oxygen atoms in total. The second-order valence-electron chi connectivity index (χ2n) is 6.92. The van der Waals surface area contributed by atoms with Crippen LogP contribution in [-0.4, -0.2) is 30.6 Å². The third-order valence-corrected chi connectivity index (χ3v) is 4.95. The summed E-state index contributed by atoms with van der Waals surface area (Å²) in [6.07, 6.45) is 3.68. The van der Waals surface area contributed by atoms with E-state index in [9.17, 15) is 0 Å². The van der Waals surface area contributed by atoms with Gasteiger partial charge in [0.25, 0.3) is 0 Å². The normalized spacial score (nSPS) is 17.7. The minimum Gasteiger partial charge on any atom is -0.399 e. The van der Waals surface area contributed by atoms with Gasteiger partial charge in [-0.2, -0.15) is 0 Å². The summed E-state index contributed by atoms with van der Waals surface area (Å²) in [6, 6.07) is 20.1. The van der Waals surface area contributed by atoms with E-state index in [1.54, 1.807) is 0 Å². The van der Waals surface area contributed by atoms with Crippen LogP contribution in [0.25, 0.3) is 0 Å². The minimum atomic E-state index is 0.447. The van der Waals surface area contributed by atoms with Crippen LogP contribution in [0.5, 0.6) is 0 Å². The molecule has 0 amide bonds. The molecule has 1 saturated heterocycles. The highest BCUT2D eigenvalue weighted by Crippen LogP contribution is 2.24. The van der Waals surface area contributed by atoms with Crippen molar-refractivity contribution in [2.75, 3.05) is 25.4 Å². The number of hydrogen-bond acceptors (Lipinski definition) is 3. The third-order valence-electron chi connectivity index (χ3n) is 4.95. The highest BCUT2D eigenvalue weighted by atomic mass is 15.2. The second kappa shape index (κ2) is 8.32. The van der Waals surface area contributed by atoms with Crippen molar-refractivity contribution in [1.82, 2.24) is 10.2 Å². The molecule has 2 atom stereocenters. The molecule has 24 heavy (non-hydrogen) atoms. The lowest BCUT2D eigenvalue weighted by Gasteiger charge is -2.29. The van der Waals surface area contributed by atoms with Crippen LogP contribution in [0.4, 0.5) is 5.69 Å². The van der Waals surface area contributed by atoms with E-state index in [1.165, 1.54) is 37.1 Å². The molecular formula is C21H29N3. The molecule has 3 rings (SSSR count). The molecule has 2 unspecified atom stereocenters. The predicted octanol–water partition coefficient (Wildman–Crippen LogP) is 3.63. The molecule has 1 aliphatic heterocycles. The summed E-state index contributed by atoms with van der Waals surface area (Å²) in [7, 11) is 0. The van der Waals surface area contributed by atoms with Crippen molar-refractivity contribution in [1.29, 1.82) is 0 Å². The molecule has 0 aliphatic carbocycles. The molecule has 1 heterocycles. The van der Waals surface area contributed by atoms with Gasteiger partial charge in [-0.05, 0) is 62.5 Å². The number of nitrogens with one attached hydrogen (secondary N) is 1. The molecular weight excluding hydrogens is 294 g/mol. The van der Waals surface area contributed by atoms with Crippen LogP contribution < -0.4 is 11.1 Å². The third kappa shape index (κ3) is 4.59. The number of benzene rings is 2. The van der Waals surface area contributed by atoms with Crippen molar-refractivity contribution in [2.24, 2.45) is 0 Å². The molecule has 3 heteroatoms. The summed E-state index contributed by atoms with van der Waals surface area (Å²) >= 11 is 0. The van der Waals surface area contributed by atoms with Gasteiger partial charge in [0.1, 0.15) is 0 Å². The molecule has 0 bridgehead atoms. The van der Waals surface area contributed by atoms with Crippen molar-refractivity contribution < 1.29 is 0 Å². The van der Waals surface area contributed by atoms with E-state index in [1.807, 2.05) is 12.1 Å². The van der Waals surface area contributed by atoms with Gasteiger partial charge in [-0.15, -0.1) is 0 Å². The van der Waals surface area contributed by atoms with Crippen LogP contribution in [0.15, 0.2) is 54.6 Å². The van der Waals surface area contributed by atoms with Crippen LogP contribution in [0.1, 0.15) is 36.9 Å². The first-order chi connectivity index (χ1) is 11.7. The average Bonchev–Trinajstić information content (AvgIpc) is 3.12. The maximum Gasteiger partial charge on any atom is 0.0472 e. The average molecular weight is 323 g/mol. The van der Waals surface area contributed by atoms with Crippen molar-refractivity contribution >= 4 is 5.69 Å². The number of nitrogens with two attached hydrogens (primary N) is 1. The maximum atomic E-state index is 5.77. The summed E-state index contributed by atoms with van der Waals surface area (Å²) in [6.45, 7) is 5.70. The Balaban J connectivity index is 1.59. The molecule has 0 spiro atoms. The number of likely N-dealkylation sites (tertiary alicyclic amines) is 1. The number of anilines is 1. The molecule has 128 valence electrons. The SMILES string of the molecule is CC(Cc1ccc(N)cc1)NCC(c1ccccc1)N1CCCC1. The molecule has 2 aromatic rings. The Morgan fingerprint density at radius 3 is 2.33 bits per heavy atom. The largest absolute Gasteiger partial charge is 0.399 e. The lowest BCUT2D eigenvalue weighted by Crippen LogP contribution is -2.38. The molecule has 3 N–H and O–H groups in total. The van der Waals surface area contributed by atoms with Gasteiger partial charge >= 0.3 is 0 Å². The number of nitrogen functional groups attached to an aromatic ring is 1. The first-order valence-electron chi connectivity index (χ1n) is 9.09. The monoisotopic (exact) mass is 323 g/mol. The lowest BCUT2D eigenvalue weighted by atomic mass is 10.0. The van der Waals surface area contributed by atoms with E-state index in [2.05, 4.69) is 59.6 Å². The van der Waals surface area contributed by atoms with Gasteiger partial charge in [0, 0.05) is 24.3 Å². The van der Waals surface area contributed by atoms with Crippen molar-refractivity contribution in [3.63, 3.8) is 0 Å². The Bertz CT molecular complexity index is 603. The van der Waals surface area contributed by atoms with Crippen LogP contribution in [0.3, 0.4) is 0 Å². The van der Waals surface area contributed by atoms with E-state index in [0.717, 1.165) is 18.7 Å². The van der Waals surface area contributed by atoms with Gasteiger partial charge in [-0.3, -0.25) is 4.90 Å². The molecule has 2 aromatic carbocycles. The summed E-state index contributed by atoms with van der Waals surface area (Å²) in [5.74, 6) is 0. The Labute approximate surface area is 145 Å². The van der Waals surface area contributed by atoms with Gasteiger partial charge < -0.3 is 11.1 Å². The zero-order chi connectivity index (χ0) is 16.8. The molecule has 0 aromatic heterocycles. The van der Waals surface area contributed by atoms with E-state index in [0.29, 0.717) is 12.1 Å². The Kier molecular flexibility index (Phi) is 5.89. The highest BCUT2D eigenvalue weighted by Gasteiger charge is 2.23. The summed E-state index contributed by atoms with van der Waals surface area (Å²) in [5, 5.41) is 3.75. The summed E-state index contributed by atoms with van der Waals surface area (Å²) in [4.78, 5) is 2.62. The van der Waals surface area contributed by atoms with E-state index in [4.69, 9.17) is 5.73 Å². The lowest BCUT2D eigenvalue weighted by molar-refractivity contribution is 0.233. The van der Waals surface area contributed by atoms with Gasteiger partial charge in [0.15, 0.2) is 0 Å². The summed E-state index contributed by atoms with van der Waals surface area (Å²) in [5.41, 5.74) is 9.36. The summed E-state index contributed by atoms with van der Waals surface area (Å²) < 4.78 is 0. The first-order valence-corrected chi connectivity index (χ1v) is 9.09. The first kappa shape index (κ1) is 17.0. The van der Waals surface area contributed by atoms with E-state index in [-0.39, 0.29) is 0 Å². The smallest absolute Gasteiger partial charge is 0.0472 e. The van der Waals surface area contributed by atoms with Crippen molar-refractivity contribution in [3.8, 4) is 0 Å². The highest BCUT2D eigenvalue weighted by molar-refractivity contribution is 5.39. The van der Waals surface area contributed by atoms with Crippen LogP contribution in [-0.2, 0) is 6.42 Å². The standard InChI is InChI=1S/C21H29N3/c1-17(15-18-9-11-20(22)12-10-18)23-16-21(24-13-5-6-14-24)19-7-3-2-4-8-19/h2-4,7-12,17,21,23H,5-6,13-16,22H2,1H3. The zero-order valence-corrected chi connectivity index (χ0v) is 14.6. The van der Waals surface area contributed by atoms with E-state index < -0.39 is 0 Å².